The molecule has 1 aliphatic heterocycles. The predicted molar refractivity (Wildman–Crippen MR) is 104 cm³/mol. The number of carbonyl (C=O) groups excluding carboxylic acids is 1. The van der Waals surface area contributed by atoms with Gasteiger partial charge in [-0.05, 0) is 56.4 Å². The first-order chi connectivity index (χ1) is 12.2. The summed E-state index contributed by atoms with van der Waals surface area (Å²) in [6.45, 7) is 8.92. The lowest BCUT2D eigenvalue weighted by Crippen LogP contribution is -2.47. The largest absolute Gasteiger partial charge is 0.369 e. The van der Waals surface area contributed by atoms with E-state index >= 15 is 0 Å². The summed E-state index contributed by atoms with van der Waals surface area (Å²) in [5, 5.41) is 0.946. The average molecular weight is 375 g/mol. The highest BCUT2D eigenvalue weighted by Gasteiger charge is 2.29. The molecular weight excluding hydrogens is 350 g/mol. The van der Waals surface area contributed by atoms with Gasteiger partial charge < -0.3 is 10.6 Å². The number of amides is 1. The maximum absolute atomic E-state index is 11.8. The van der Waals surface area contributed by atoms with E-state index in [2.05, 4.69) is 30.0 Å². The third-order valence-electron chi connectivity index (χ3n) is 5.33. The van der Waals surface area contributed by atoms with Crippen LogP contribution in [0.25, 0.3) is 5.57 Å². The van der Waals surface area contributed by atoms with Crippen molar-refractivity contribution in [1.29, 1.82) is 0 Å². The third kappa shape index (κ3) is 3.41. The van der Waals surface area contributed by atoms with E-state index in [1.807, 2.05) is 6.07 Å². The van der Waals surface area contributed by atoms with Crippen molar-refractivity contribution in [3.05, 3.63) is 46.4 Å². The van der Waals surface area contributed by atoms with Gasteiger partial charge in [0.25, 0.3) is 0 Å². The van der Waals surface area contributed by atoms with Gasteiger partial charge in [0.1, 0.15) is 0 Å². The molecule has 0 aromatic heterocycles. The van der Waals surface area contributed by atoms with Gasteiger partial charge in [-0.2, -0.15) is 0 Å². The Morgan fingerprint density at radius 3 is 2.77 bits per heavy atom. The lowest BCUT2D eigenvalue weighted by atomic mass is 9.96. The molecule has 0 radical (unpaired) electrons. The summed E-state index contributed by atoms with van der Waals surface area (Å²) in [5.74, 6) is -0.412. The van der Waals surface area contributed by atoms with E-state index in [0.717, 1.165) is 48.0 Å². The molecule has 0 saturated carbocycles. The number of benzene rings is 1. The monoisotopic (exact) mass is 375 g/mol. The second-order valence-electron chi connectivity index (χ2n) is 7.05. The molecule has 1 aromatic rings. The van der Waals surface area contributed by atoms with Crippen LogP contribution < -0.4 is 15.4 Å². The zero-order chi connectivity index (χ0) is 19.1. The fourth-order valence-electron chi connectivity index (χ4n) is 3.92. The number of sulfonamides is 1. The maximum Gasteiger partial charge on any atom is 0.249 e. The minimum Gasteiger partial charge on any atom is -0.369 e. The number of hydrogen-bond donors (Lipinski definition) is 2. The summed E-state index contributed by atoms with van der Waals surface area (Å²) < 4.78 is 26.3. The summed E-state index contributed by atoms with van der Waals surface area (Å²) >= 11 is 0. The Labute approximate surface area is 154 Å². The first-order valence-electron chi connectivity index (χ1n) is 8.75. The van der Waals surface area contributed by atoms with Crippen molar-refractivity contribution in [2.45, 2.75) is 39.2 Å². The second kappa shape index (κ2) is 6.89. The molecule has 0 bridgehead atoms. The van der Waals surface area contributed by atoms with E-state index in [4.69, 9.17) is 5.73 Å². The molecule has 7 heteroatoms. The molecule has 1 aromatic carbocycles. The van der Waals surface area contributed by atoms with Gasteiger partial charge in [-0.25, -0.2) is 13.1 Å². The van der Waals surface area contributed by atoms with Crippen LogP contribution in [-0.4, -0.2) is 33.5 Å². The van der Waals surface area contributed by atoms with Crippen LogP contribution in [-0.2, 0) is 16.4 Å². The number of fused-ring (bicyclic) bond motifs is 1. The molecule has 140 valence electrons. The molecule has 1 heterocycles. The molecule has 3 N–H and O–H groups in total. The zero-order valence-corrected chi connectivity index (χ0v) is 16.0. The van der Waals surface area contributed by atoms with Crippen LogP contribution >= 0.6 is 0 Å². The number of nitrogens with one attached hydrogen (secondary N) is 1. The highest BCUT2D eigenvalue weighted by atomic mass is 32.2. The highest BCUT2D eigenvalue weighted by molar-refractivity contribution is 7.92. The van der Waals surface area contributed by atoms with Crippen LogP contribution in [0.2, 0.25) is 0 Å². The fraction of sp³-hybridized carbons (Fsp3) is 0.421. The maximum atomic E-state index is 11.8. The van der Waals surface area contributed by atoms with Gasteiger partial charge in [0, 0.05) is 41.4 Å². The standard InChI is InChI=1S/C19H25N3O3S/c1-4-26(24,25)21-14-6-5-9-22(11-14)17-8-7-15(19(20)23)16-10-12(2)13(3)18(16)17/h4,7-8,14,21H,1,5-6,9-11H2,2-3H3,(H2,20,23)/t14-/m0/s1. The minimum atomic E-state index is -3.46. The van der Waals surface area contributed by atoms with Crippen molar-refractivity contribution >= 4 is 27.2 Å². The van der Waals surface area contributed by atoms with Gasteiger partial charge in [0.2, 0.25) is 15.9 Å². The van der Waals surface area contributed by atoms with Crippen LogP contribution in [0.1, 0.15) is 48.2 Å². The van der Waals surface area contributed by atoms with Gasteiger partial charge in [0.15, 0.2) is 0 Å². The minimum absolute atomic E-state index is 0.162. The van der Waals surface area contributed by atoms with Crippen molar-refractivity contribution in [2.24, 2.45) is 5.73 Å². The van der Waals surface area contributed by atoms with E-state index in [1.54, 1.807) is 6.07 Å². The molecule has 6 nitrogen and oxygen atoms in total. The second-order valence-corrected chi connectivity index (χ2v) is 8.71. The van der Waals surface area contributed by atoms with Crippen molar-refractivity contribution in [1.82, 2.24) is 4.72 Å². The van der Waals surface area contributed by atoms with Crippen LogP contribution in [0.15, 0.2) is 29.7 Å². The Kier molecular flexibility index (Phi) is 4.94. The Balaban J connectivity index is 1.96. The van der Waals surface area contributed by atoms with Crippen LogP contribution in [0.5, 0.6) is 0 Å². The topological polar surface area (TPSA) is 92.5 Å². The molecule has 1 fully saturated rings. The van der Waals surface area contributed by atoms with E-state index in [1.165, 1.54) is 11.1 Å². The smallest absolute Gasteiger partial charge is 0.249 e. The SMILES string of the molecule is C=CS(=O)(=O)N[C@H]1CCCN(c2ccc(C(N)=O)c3c2C(C)=C(C)C3)C1. The summed E-state index contributed by atoms with van der Waals surface area (Å²) in [6.07, 6.45) is 2.41. The number of rotatable bonds is 5. The molecule has 0 spiro atoms. The average Bonchev–Trinajstić information content (AvgIpc) is 2.89. The van der Waals surface area contributed by atoms with Gasteiger partial charge in [-0.15, -0.1) is 0 Å². The predicted octanol–water partition coefficient (Wildman–Crippen LogP) is 2.17. The molecule has 1 aliphatic carbocycles. The lowest BCUT2D eigenvalue weighted by Gasteiger charge is -2.36. The van der Waals surface area contributed by atoms with Crippen LogP contribution in [0, 0.1) is 0 Å². The summed E-state index contributed by atoms with van der Waals surface area (Å²) in [7, 11) is -3.46. The first kappa shape index (κ1) is 18.7. The number of hydrogen-bond acceptors (Lipinski definition) is 4. The van der Waals surface area contributed by atoms with Crippen molar-refractivity contribution in [3.63, 3.8) is 0 Å². The van der Waals surface area contributed by atoms with Gasteiger partial charge in [-0.3, -0.25) is 4.79 Å². The van der Waals surface area contributed by atoms with Crippen LogP contribution in [0.4, 0.5) is 5.69 Å². The normalized spacial score (nSPS) is 20.2. The van der Waals surface area contributed by atoms with E-state index in [0.29, 0.717) is 12.1 Å². The van der Waals surface area contributed by atoms with Crippen molar-refractivity contribution in [2.75, 3.05) is 18.0 Å². The van der Waals surface area contributed by atoms with Gasteiger partial charge >= 0.3 is 0 Å². The molecule has 0 unspecified atom stereocenters. The molecule has 1 atom stereocenters. The Bertz CT molecular complexity index is 903. The zero-order valence-electron chi connectivity index (χ0n) is 15.2. The van der Waals surface area contributed by atoms with E-state index < -0.39 is 15.9 Å². The molecule has 1 amide bonds. The summed E-state index contributed by atoms with van der Waals surface area (Å²) in [5.41, 5.74) is 11.6. The number of nitrogens with two attached hydrogens (primary N) is 1. The number of nitrogens with zero attached hydrogens (tertiary/aromatic N) is 1. The van der Waals surface area contributed by atoms with Crippen molar-refractivity contribution < 1.29 is 13.2 Å². The molecule has 1 saturated heterocycles. The fourth-order valence-corrected chi connectivity index (χ4v) is 4.67. The van der Waals surface area contributed by atoms with Gasteiger partial charge in [-0.1, -0.05) is 12.2 Å². The number of anilines is 1. The summed E-state index contributed by atoms with van der Waals surface area (Å²) in [6, 6.07) is 3.57. The number of allylic oxidation sites excluding steroid dienone is 2. The quantitative estimate of drug-likeness (QED) is 0.825. The van der Waals surface area contributed by atoms with Crippen LogP contribution in [0.3, 0.4) is 0 Å². The highest BCUT2D eigenvalue weighted by Crippen LogP contribution is 2.41. The number of primary amides is 1. The Morgan fingerprint density at radius 2 is 2.12 bits per heavy atom. The van der Waals surface area contributed by atoms with Crippen molar-refractivity contribution in [3.8, 4) is 0 Å². The third-order valence-corrected chi connectivity index (χ3v) is 6.43. The number of piperidine rings is 1. The van der Waals surface area contributed by atoms with E-state index in [9.17, 15) is 13.2 Å². The molecule has 2 aliphatic rings. The Morgan fingerprint density at radius 1 is 1.38 bits per heavy atom. The Hall–Kier alpha value is -2.12. The molecule has 26 heavy (non-hydrogen) atoms. The van der Waals surface area contributed by atoms with Gasteiger partial charge in [0.05, 0.1) is 0 Å². The van der Waals surface area contributed by atoms with E-state index in [-0.39, 0.29) is 6.04 Å². The molecule has 3 rings (SSSR count). The molecular formula is C19H25N3O3S. The number of carbonyl (C=O) groups is 1. The first-order valence-corrected chi connectivity index (χ1v) is 10.3. The summed E-state index contributed by atoms with van der Waals surface area (Å²) in [4.78, 5) is 14.0. The lowest BCUT2D eigenvalue weighted by molar-refractivity contribution is 0.0999.